The molecule has 3 aliphatic heterocycles. The first-order chi connectivity index (χ1) is 27.8. The molecule has 0 radical (unpaired) electrons. The molecule has 0 amide bonds. The van der Waals surface area contributed by atoms with Crippen LogP contribution in [0.5, 0.6) is 11.5 Å². The highest BCUT2D eigenvalue weighted by atomic mass is 28.3. The predicted octanol–water partition coefficient (Wildman–Crippen LogP) is 8.72. The van der Waals surface area contributed by atoms with E-state index in [0.29, 0.717) is 0 Å². The molecule has 0 fully saturated rings. The Morgan fingerprint density at radius 1 is 0.509 bits per heavy atom. The summed E-state index contributed by atoms with van der Waals surface area (Å²) in [6, 6.07) is 68.5. The highest BCUT2D eigenvalue weighted by Crippen LogP contribution is 2.44. The Kier molecular flexibility index (Phi) is 7.49. The van der Waals surface area contributed by atoms with Gasteiger partial charge in [0.2, 0.25) is 0 Å². The van der Waals surface area contributed by atoms with Crippen LogP contribution >= 0.6 is 0 Å². The summed E-state index contributed by atoms with van der Waals surface area (Å²) in [5.74, 6) is 1.87. The number of nitrogens with zero attached hydrogens (tertiary/aromatic N) is 1. The summed E-state index contributed by atoms with van der Waals surface area (Å²) in [6.07, 6.45) is 0. The Hall–Kier alpha value is -6.36. The van der Waals surface area contributed by atoms with Gasteiger partial charge in [-0.15, -0.1) is 0 Å². The first-order valence-electron chi connectivity index (χ1n) is 20.1. The Labute approximate surface area is 337 Å². The standard InChI is InChI=1S/C53H42BNOSi/c1-35-30-47-52-49(31-35)56-48-32-37(36-16-8-5-9-17-36)24-29-44(48)54(52)45-34-51-43(33-46(45)55(47)39-27-25-38(26-28-39)53(2,3)4)42-22-14-15-23-50(42)57(51,40-18-10-6-11-19-40)41-20-12-7-13-21-41/h5-34H,1-4H3. The molecule has 0 saturated heterocycles. The topological polar surface area (TPSA) is 12.5 Å². The van der Waals surface area contributed by atoms with Gasteiger partial charge in [0, 0.05) is 17.1 Å². The third-order valence-corrected chi connectivity index (χ3v) is 17.5. The van der Waals surface area contributed by atoms with Gasteiger partial charge in [-0.1, -0.05) is 166 Å². The van der Waals surface area contributed by atoms with Crippen molar-refractivity contribution in [1.82, 2.24) is 0 Å². The lowest BCUT2D eigenvalue weighted by Gasteiger charge is -2.41. The van der Waals surface area contributed by atoms with Gasteiger partial charge in [-0.2, -0.15) is 0 Å². The van der Waals surface area contributed by atoms with Crippen molar-refractivity contribution in [3.63, 3.8) is 0 Å². The van der Waals surface area contributed by atoms with E-state index in [4.69, 9.17) is 4.74 Å². The fourth-order valence-electron chi connectivity index (χ4n) is 10.0. The summed E-state index contributed by atoms with van der Waals surface area (Å²) in [5.41, 5.74) is 14.9. The molecule has 57 heavy (non-hydrogen) atoms. The molecule has 0 saturated carbocycles. The van der Waals surface area contributed by atoms with Crippen molar-refractivity contribution < 1.29 is 4.74 Å². The monoisotopic (exact) mass is 747 g/mol. The number of rotatable bonds is 4. The average molecular weight is 748 g/mol. The third-order valence-electron chi connectivity index (χ3n) is 12.6. The van der Waals surface area contributed by atoms with E-state index in [1.165, 1.54) is 76.3 Å². The zero-order valence-electron chi connectivity index (χ0n) is 32.8. The minimum Gasteiger partial charge on any atom is -0.458 e. The SMILES string of the molecule is Cc1cc2c3c(c1)N(c1ccc(C(C)(C)C)cc1)c1cc4c(cc1B3c1ccc(-c3ccccc3)cc1O2)[Si](c1ccccc1)(c1ccccc1)c1ccccc1-4. The molecule has 0 aliphatic carbocycles. The van der Waals surface area contributed by atoms with Gasteiger partial charge >= 0.3 is 0 Å². The maximum atomic E-state index is 7.04. The molecule has 0 unspecified atom stereocenters. The number of aryl methyl sites for hydroxylation is 1. The summed E-state index contributed by atoms with van der Waals surface area (Å²) in [7, 11) is -2.75. The van der Waals surface area contributed by atoms with E-state index in [1.54, 1.807) is 0 Å². The minimum absolute atomic E-state index is 0.0171. The fourth-order valence-corrected chi connectivity index (χ4v) is 15.2. The second-order valence-corrected chi connectivity index (χ2v) is 20.7. The molecular weight excluding hydrogens is 705 g/mol. The number of anilines is 3. The molecule has 3 heterocycles. The van der Waals surface area contributed by atoms with Crippen molar-refractivity contribution in [3.05, 3.63) is 193 Å². The molecule has 4 heteroatoms. The third kappa shape index (κ3) is 5.03. The number of ether oxygens (including phenoxy) is 1. The van der Waals surface area contributed by atoms with E-state index in [9.17, 15) is 0 Å². The van der Waals surface area contributed by atoms with Crippen LogP contribution in [0.15, 0.2) is 182 Å². The minimum atomic E-state index is -2.75. The van der Waals surface area contributed by atoms with Crippen LogP contribution in [0.3, 0.4) is 0 Å². The molecule has 8 aromatic rings. The fraction of sp³-hybridized carbons (Fsp3) is 0.0943. The molecule has 0 atom stereocenters. The van der Waals surface area contributed by atoms with E-state index in [-0.39, 0.29) is 12.1 Å². The quantitative estimate of drug-likeness (QED) is 0.167. The molecule has 2 nitrogen and oxygen atoms in total. The van der Waals surface area contributed by atoms with Gasteiger partial charge in [-0.05, 0) is 119 Å². The van der Waals surface area contributed by atoms with Gasteiger partial charge in [0.1, 0.15) is 11.5 Å². The second kappa shape index (κ2) is 12.6. The first-order valence-corrected chi connectivity index (χ1v) is 22.1. The predicted molar refractivity (Wildman–Crippen MR) is 244 cm³/mol. The highest BCUT2D eigenvalue weighted by Gasteiger charge is 2.51. The van der Waals surface area contributed by atoms with Crippen molar-refractivity contribution in [3.8, 4) is 33.8 Å². The first kappa shape index (κ1) is 33.9. The van der Waals surface area contributed by atoms with Crippen LogP contribution in [0.4, 0.5) is 17.1 Å². The van der Waals surface area contributed by atoms with Crippen molar-refractivity contribution in [1.29, 1.82) is 0 Å². The Morgan fingerprint density at radius 2 is 1.16 bits per heavy atom. The highest BCUT2D eigenvalue weighted by molar-refractivity contribution is 7.22. The van der Waals surface area contributed by atoms with E-state index in [2.05, 4.69) is 215 Å². The number of hydrogen-bond donors (Lipinski definition) is 0. The molecule has 11 rings (SSSR count). The van der Waals surface area contributed by atoms with Gasteiger partial charge < -0.3 is 9.64 Å². The summed E-state index contributed by atoms with van der Waals surface area (Å²) in [4.78, 5) is 2.52. The Morgan fingerprint density at radius 3 is 1.84 bits per heavy atom. The van der Waals surface area contributed by atoms with Crippen LogP contribution in [0.25, 0.3) is 22.3 Å². The maximum Gasteiger partial charge on any atom is 0.256 e. The van der Waals surface area contributed by atoms with E-state index in [1.807, 2.05) is 0 Å². The van der Waals surface area contributed by atoms with Crippen LogP contribution in [-0.2, 0) is 5.41 Å². The Bertz CT molecular complexity index is 2820. The lowest BCUT2D eigenvalue weighted by Crippen LogP contribution is -2.73. The van der Waals surface area contributed by atoms with Crippen molar-refractivity contribution >= 4 is 69.0 Å². The molecule has 272 valence electrons. The molecule has 0 aromatic heterocycles. The van der Waals surface area contributed by atoms with E-state index in [0.717, 1.165) is 22.7 Å². The maximum absolute atomic E-state index is 7.04. The average Bonchev–Trinajstić information content (AvgIpc) is 3.53. The zero-order chi connectivity index (χ0) is 38.5. The van der Waals surface area contributed by atoms with Crippen molar-refractivity contribution in [2.75, 3.05) is 4.90 Å². The Balaban J connectivity index is 1.24. The summed E-state index contributed by atoms with van der Waals surface area (Å²) in [6.45, 7) is 9.03. The largest absolute Gasteiger partial charge is 0.458 e. The van der Waals surface area contributed by atoms with Crippen LogP contribution in [0, 0.1) is 6.92 Å². The van der Waals surface area contributed by atoms with Crippen LogP contribution in [0.1, 0.15) is 31.9 Å². The van der Waals surface area contributed by atoms with Gasteiger partial charge in [0.25, 0.3) is 6.71 Å². The summed E-state index contributed by atoms with van der Waals surface area (Å²) in [5, 5.41) is 5.72. The molecule has 0 spiro atoms. The van der Waals surface area contributed by atoms with Gasteiger partial charge in [-0.25, -0.2) is 0 Å². The number of fused-ring (bicyclic) bond motifs is 7. The van der Waals surface area contributed by atoms with Crippen molar-refractivity contribution in [2.45, 2.75) is 33.1 Å². The lowest BCUT2D eigenvalue weighted by atomic mass is 9.34. The van der Waals surface area contributed by atoms with E-state index >= 15 is 0 Å². The number of hydrogen-bond acceptors (Lipinski definition) is 2. The summed E-state index contributed by atoms with van der Waals surface area (Å²) < 4.78 is 7.04. The normalized spacial score (nSPS) is 14.2. The van der Waals surface area contributed by atoms with Crippen molar-refractivity contribution in [2.24, 2.45) is 0 Å². The lowest BCUT2D eigenvalue weighted by molar-refractivity contribution is 0.487. The molecule has 0 N–H and O–H groups in total. The molecule has 0 bridgehead atoms. The van der Waals surface area contributed by atoms with Gasteiger partial charge in [0.05, 0.1) is 0 Å². The van der Waals surface area contributed by atoms with Crippen LogP contribution in [0.2, 0.25) is 0 Å². The molecule has 3 aliphatic rings. The smallest absolute Gasteiger partial charge is 0.256 e. The van der Waals surface area contributed by atoms with Crippen LogP contribution in [-0.4, -0.2) is 14.8 Å². The van der Waals surface area contributed by atoms with Gasteiger partial charge in [0.15, 0.2) is 8.07 Å². The number of benzene rings is 8. The van der Waals surface area contributed by atoms with E-state index < -0.39 is 8.07 Å². The summed E-state index contributed by atoms with van der Waals surface area (Å²) >= 11 is 0. The second-order valence-electron chi connectivity index (χ2n) is 17.0. The van der Waals surface area contributed by atoms with Gasteiger partial charge in [-0.3, -0.25) is 0 Å². The van der Waals surface area contributed by atoms with Crippen LogP contribution < -0.4 is 46.8 Å². The zero-order valence-corrected chi connectivity index (χ0v) is 33.8. The molecular formula is C53H42BNOSi. The molecule has 8 aromatic carbocycles.